The number of carbonyl (C=O) groups is 1. The molecule has 2 rings (SSSR count). The normalized spacial score (nSPS) is 10.7. The van der Waals surface area contributed by atoms with Gasteiger partial charge in [0.2, 0.25) is 5.91 Å². The molecule has 0 fully saturated rings. The zero-order chi connectivity index (χ0) is 18.1. The molecule has 140 valence electrons. The first kappa shape index (κ1) is 21.8. The van der Waals surface area contributed by atoms with Gasteiger partial charge >= 0.3 is 0 Å². The van der Waals surface area contributed by atoms with Gasteiger partial charge in [-0.2, -0.15) is 0 Å². The molecule has 0 saturated heterocycles. The number of hydrogen-bond acceptors (Lipinski definition) is 3. The highest BCUT2D eigenvalue weighted by Gasteiger charge is 2.05. The molecule has 1 aromatic carbocycles. The second-order valence-corrected chi connectivity index (χ2v) is 5.42. The van der Waals surface area contributed by atoms with Crippen molar-refractivity contribution in [2.24, 2.45) is 4.99 Å². The van der Waals surface area contributed by atoms with Crippen molar-refractivity contribution >= 4 is 41.5 Å². The van der Waals surface area contributed by atoms with Gasteiger partial charge in [0.1, 0.15) is 5.82 Å². The molecule has 6 nitrogen and oxygen atoms in total. The summed E-state index contributed by atoms with van der Waals surface area (Å²) in [5.74, 6) is 0.0897. The molecule has 3 N–H and O–H groups in total. The standard InChI is InChI=1S/C18H22FN5O.HI/c1-3-21-18(22-10-14-6-7-16(19)13(2)9-14)23-12-17(25)24-15-5-4-8-20-11-15;/h4-9,11H,3,10,12H2,1-2H3,(H,24,25)(H2,21,22,23);1H. The molecule has 0 aliphatic carbocycles. The minimum absolute atomic E-state index is 0. The van der Waals surface area contributed by atoms with Crippen molar-refractivity contribution in [1.29, 1.82) is 0 Å². The van der Waals surface area contributed by atoms with E-state index < -0.39 is 0 Å². The zero-order valence-electron chi connectivity index (χ0n) is 14.8. The fourth-order valence-corrected chi connectivity index (χ4v) is 2.12. The molecule has 0 aliphatic heterocycles. The number of hydrogen-bond donors (Lipinski definition) is 3. The van der Waals surface area contributed by atoms with Crippen LogP contribution in [0.5, 0.6) is 0 Å². The minimum Gasteiger partial charge on any atom is -0.357 e. The van der Waals surface area contributed by atoms with E-state index in [4.69, 9.17) is 0 Å². The number of aromatic nitrogens is 1. The Bertz CT molecular complexity index is 740. The number of halogens is 2. The Balaban J connectivity index is 0.00000338. The van der Waals surface area contributed by atoms with E-state index in [0.717, 1.165) is 5.56 Å². The Labute approximate surface area is 169 Å². The zero-order valence-corrected chi connectivity index (χ0v) is 17.1. The Morgan fingerprint density at radius 1 is 1.27 bits per heavy atom. The highest BCUT2D eigenvalue weighted by Crippen LogP contribution is 2.10. The second kappa shape index (κ2) is 11.4. The van der Waals surface area contributed by atoms with Crippen LogP contribution in [0, 0.1) is 12.7 Å². The summed E-state index contributed by atoms with van der Waals surface area (Å²) in [5, 5.41) is 8.78. The molecule has 0 bridgehead atoms. The molecular weight excluding hydrogens is 448 g/mol. The fourth-order valence-electron chi connectivity index (χ4n) is 2.12. The van der Waals surface area contributed by atoms with Crippen LogP contribution in [0.3, 0.4) is 0 Å². The van der Waals surface area contributed by atoms with Gasteiger partial charge in [-0.25, -0.2) is 9.38 Å². The molecule has 0 radical (unpaired) electrons. The van der Waals surface area contributed by atoms with Gasteiger partial charge in [0.05, 0.1) is 25.0 Å². The van der Waals surface area contributed by atoms with E-state index in [1.165, 1.54) is 6.07 Å². The monoisotopic (exact) mass is 471 g/mol. The molecule has 0 aliphatic rings. The van der Waals surface area contributed by atoms with Gasteiger partial charge in [0.15, 0.2) is 5.96 Å². The van der Waals surface area contributed by atoms with Crippen LogP contribution in [0.15, 0.2) is 47.7 Å². The number of nitrogens with one attached hydrogen (secondary N) is 3. The highest BCUT2D eigenvalue weighted by atomic mass is 127. The Kier molecular flexibility index (Phi) is 9.56. The molecule has 0 spiro atoms. The number of aliphatic imine (C=N–C) groups is 1. The number of pyridine rings is 1. The fraction of sp³-hybridized carbons (Fsp3) is 0.278. The third-order valence-corrected chi connectivity index (χ3v) is 3.35. The van der Waals surface area contributed by atoms with Crippen molar-refractivity contribution in [3.63, 3.8) is 0 Å². The summed E-state index contributed by atoms with van der Waals surface area (Å²) in [6, 6.07) is 8.41. The van der Waals surface area contributed by atoms with Crippen LogP contribution in [0.1, 0.15) is 18.1 Å². The molecule has 2 aromatic rings. The van der Waals surface area contributed by atoms with E-state index >= 15 is 0 Å². The number of nitrogens with zero attached hydrogens (tertiary/aromatic N) is 2. The number of guanidine groups is 1. The summed E-state index contributed by atoms with van der Waals surface area (Å²) in [6.07, 6.45) is 3.22. The van der Waals surface area contributed by atoms with Crippen LogP contribution in [0.4, 0.5) is 10.1 Å². The van der Waals surface area contributed by atoms with Crippen molar-refractivity contribution < 1.29 is 9.18 Å². The first-order valence-electron chi connectivity index (χ1n) is 8.05. The highest BCUT2D eigenvalue weighted by molar-refractivity contribution is 14.0. The third-order valence-electron chi connectivity index (χ3n) is 3.35. The lowest BCUT2D eigenvalue weighted by Crippen LogP contribution is -2.41. The van der Waals surface area contributed by atoms with Crippen molar-refractivity contribution in [2.45, 2.75) is 20.4 Å². The summed E-state index contributed by atoms with van der Waals surface area (Å²) in [5.41, 5.74) is 2.12. The first-order valence-corrected chi connectivity index (χ1v) is 8.05. The van der Waals surface area contributed by atoms with E-state index in [-0.39, 0.29) is 42.2 Å². The molecule has 0 unspecified atom stereocenters. The molecule has 26 heavy (non-hydrogen) atoms. The maximum absolute atomic E-state index is 13.3. The second-order valence-electron chi connectivity index (χ2n) is 5.42. The van der Waals surface area contributed by atoms with Crippen molar-refractivity contribution in [2.75, 3.05) is 18.4 Å². The van der Waals surface area contributed by atoms with E-state index in [2.05, 4.69) is 25.9 Å². The quantitative estimate of drug-likeness (QED) is 0.344. The van der Waals surface area contributed by atoms with Gasteiger partial charge in [0, 0.05) is 12.7 Å². The number of benzene rings is 1. The van der Waals surface area contributed by atoms with Crippen LogP contribution in [0.25, 0.3) is 0 Å². The lowest BCUT2D eigenvalue weighted by Gasteiger charge is -2.11. The summed E-state index contributed by atoms with van der Waals surface area (Å²) in [4.78, 5) is 20.3. The van der Waals surface area contributed by atoms with Gasteiger partial charge in [-0.1, -0.05) is 12.1 Å². The molecule has 8 heteroatoms. The van der Waals surface area contributed by atoms with Crippen LogP contribution in [-0.2, 0) is 11.3 Å². The van der Waals surface area contributed by atoms with Crippen LogP contribution >= 0.6 is 24.0 Å². The topological polar surface area (TPSA) is 78.4 Å². The first-order chi connectivity index (χ1) is 12.1. The average molecular weight is 471 g/mol. The summed E-state index contributed by atoms with van der Waals surface area (Å²) in [7, 11) is 0. The van der Waals surface area contributed by atoms with Crippen molar-refractivity contribution in [1.82, 2.24) is 15.6 Å². The number of carbonyl (C=O) groups excluding carboxylic acids is 1. The Morgan fingerprint density at radius 3 is 2.73 bits per heavy atom. The maximum atomic E-state index is 13.3. The van der Waals surface area contributed by atoms with Gasteiger partial charge in [-0.15, -0.1) is 24.0 Å². The summed E-state index contributed by atoms with van der Waals surface area (Å²) in [6.45, 7) is 4.78. The SMILES string of the molecule is CCNC(=NCc1ccc(F)c(C)c1)NCC(=O)Nc1cccnc1.I. The molecular formula is C18H23FIN5O. The van der Waals surface area contributed by atoms with Crippen LogP contribution < -0.4 is 16.0 Å². The van der Waals surface area contributed by atoms with E-state index in [1.54, 1.807) is 43.6 Å². The van der Waals surface area contributed by atoms with Crippen molar-refractivity contribution in [3.8, 4) is 0 Å². The maximum Gasteiger partial charge on any atom is 0.243 e. The predicted octanol–water partition coefficient (Wildman–Crippen LogP) is 2.84. The molecule has 1 heterocycles. The van der Waals surface area contributed by atoms with Crippen LogP contribution in [-0.4, -0.2) is 29.9 Å². The Hall–Kier alpha value is -2.23. The van der Waals surface area contributed by atoms with Gasteiger partial charge in [0.25, 0.3) is 0 Å². The number of rotatable bonds is 6. The van der Waals surface area contributed by atoms with Gasteiger partial charge in [-0.05, 0) is 43.2 Å². The lowest BCUT2D eigenvalue weighted by atomic mass is 10.1. The number of aryl methyl sites for hydroxylation is 1. The average Bonchev–Trinajstić information content (AvgIpc) is 2.61. The molecule has 1 amide bonds. The van der Waals surface area contributed by atoms with Gasteiger partial charge in [-0.3, -0.25) is 9.78 Å². The largest absolute Gasteiger partial charge is 0.357 e. The minimum atomic E-state index is -0.232. The third kappa shape index (κ3) is 7.34. The lowest BCUT2D eigenvalue weighted by molar-refractivity contribution is -0.115. The molecule has 1 aromatic heterocycles. The number of anilines is 1. The summed E-state index contributed by atoms with van der Waals surface area (Å²) < 4.78 is 13.3. The van der Waals surface area contributed by atoms with Crippen LogP contribution in [0.2, 0.25) is 0 Å². The van der Waals surface area contributed by atoms with Crippen molar-refractivity contribution in [3.05, 3.63) is 59.7 Å². The van der Waals surface area contributed by atoms with E-state index in [1.807, 2.05) is 6.92 Å². The predicted molar refractivity (Wildman–Crippen MR) is 112 cm³/mol. The smallest absolute Gasteiger partial charge is 0.243 e. The van der Waals surface area contributed by atoms with E-state index in [9.17, 15) is 9.18 Å². The Morgan fingerprint density at radius 2 is 2.08 bits per heavy atom. The van der Waals surface area contributed by atoms with E-state index in [0.29, 0.717) is 30.3 Å². The summed E-state index contributed by atoms with van der Waals surface area (Å²) >= 11 is 0. The van der Waals surface area contributed by atoms with Gasteiger partial charge < -0.3 is 16.0 Å². The molecule has 0 saturated carbocycles. The molecule has 0 atom stereocenters. The number of amides is 1.